The first kappa shape index (κ1) is 21.1. The van der Waals surface area contributed by atoms with Crippen molar-refractivity contribution < 1.29 is 18.7 Å². The summed E-state index contributed by atoms with van der Waals surface area (Å²) in [5.41, 5.74) is 1.71. The Balaban J connectivity index is 1.96. The lowest BCUT2D eigenvalue weighted by atomic mass is 9.95. The third kappa shape index (κ3) is 4.22. The second-order valence-electron chi connectivity index (χ2n) is 7.11. The number of H-pyrrole nitrogens is 1. The first-order valence-corrected chi connectivity index (χ1v) is 9.87. The molecule has 29 heavy (non-hydrogen) atoms. The highest BCUT2D eigenvalue weighted by Crippen LogP contribution is 2.35. The maximum atomic E-state index is 14.7. The van der Waals surface area contributed by atoms with E-state index in [-0.39, 0.29) is 16.5 Å². The van der Waals surface area contributed by atoms with Crippen molar-refractivity contribution in [2.45, 2.75) is 38.8 Å². The Kier molecular flexibility index (Phi) is 6.42. The molecule has 0 radical (unpaired) electrons. The molecule has 0 unspecified atom stereocenters. The summed E-state index contributed by atoms with van der Waals surface area (Å²) in [5, 5.41) is 3.03. The molecule has 7 nitrogen and oxygen atoms in total. The zero-order chi connectivity index (χ0) is 21.1. The van der Waals surface area contributed by atoms with Crippen LogP contribution in [0.4, 0.5) is 9.18 Å². The number of nitrogens with zero attached hydrogens (tertiary/aromatic N) is 2. The molecule has 9 heteroatoms. The van der Waals surface area contributed by atoms with Crippen LogP contribution in [-0.4, -0.2) is 46.6 Å². The number of fused-ring (bicyclic) bond motifs is 1. The third-order valence-electron chi connectivity index (χ3n) is 5.39. The Bertz CT molecular complexity index is 904. The van der Waals surface area contributed by atoms with Gasteiger partial charge >= 0.3 is 12.0 Å². The van der Waals surface area contributed by atoms with E-state index in [0.29, 0.717) is 25.1 Å². The molecular weight excluding hydrogens is 399 g/mol. The normalized spacial score (nSPS) is 18.0. The Morgan fingerprint density at radius 2 is 2.24 bits per heavy atom. The molecule has 2 heterocycles. The SMILES string of the molecule is CC[C@H](C)[C@H](NC(=O)N1CCc2[nH]cnc2[C@H]1c1ccc(Cl)cc1F)C(=O)OC. The van der Waals surface area contributed by atoms with Crippen LogP contribution >= 0.6 is 11.6 Å². The van der Waals surface area contributed by atoms with Gasteiger partial charge < -0.3 is 19.9 Å². The largest absolute Gasteiger partial charge is 0.467 e. The highest BCUT2D eigenvalue weighted by atomic mass is 35.5. The Hall–Kier alpha value is -2.61. The van der Waals surface area contributed by atoms with Crippen LogP contribution in [0.2, 0.25) is 5.02 Å². The van der Waals surface area contributed by atoms with Gasteiger partial charge in [-0.05, 0) is 18.1 Å². The number of carbonyl (C=O) groups excluding carboxylic acids is 2. The van der Waals surface area contributed by atoms with Gasteiger partial charge in [0.25, 0.3) is 0 Å². The van der Waals surface area contributed by atoms with Gasteiger partial charge in [0.2, 0.25) is 0 Å². The molecule has 1 aliphatic heterocycles. The number of urea groups is 1. The van der Waals surface area contributed by atoms with Crippen molar-refractivity contribution in [1.82, 2.24) is 20.2 Å². The number of aromatic nitrogens is 2. The summed E-state index contributed by atoms with van der Waals surface area (Å²) < 4.78 is 19.6. The molecule has 156 valence electrons. The number of imidazole rings is 1. The first-order valence-electron chi connectivity index (χ1n) is 9.49. The number of esters is 1. The van der Waals surface area contributed by atoms with Crippen LogP contribution in [0.15, 0.2) is 24.5 Å². The molecular formula is C20H24ClFN4O3. The van der Waals surface area contributed by atoms with E-state index in [4.69, 9.17) is 16.3 Å². The summed E-state index contributed by atoms with van der Waals surface area (Å²) in [6.07, 6.45) is 2.75. The average Bonchev–Trinajstić information content (AvgIpc) is 3.19. The molecule has 1 aromatic carbocycles. The number of benzene rings is 1. The first-order chi connectivity index (χ1) is 13.9. The topological polar surface area (TPSA) is 87.3 Å². The molecule has 0 bridgehead atoms. The average molecular weight is 423 g/mol. The van der Waals surface area contributed by atoms with Gasteiger partial charge in [0.15, 0.2) is 0 Å². The molecule has 0 saturated carbocycles. The molecule has 0 saturated heterocycles. The highest BCUT2D eigenvalue weighted by Gasteiger charge is 2.37. The number of carbonyl (C=O) groups is 2. The molecule has 0 spiro atoms. The number of nitrogens with one attached hydrogen (secondary N) is 2. The fraction of sp³-hybridized carbons (Fsp3) is 0.450. The van der Waals surface area contributed by atoms with E-state index < -0.39 is 29.9 Å². The van der Waals surface area contributed by atoms with Crippen LogP contribution in [0, 0.1) is 11.7 Å². The lowest BCUT2D eigenvalue weighted by molar-refractivity contribution is -0.144. The summed E-state index contributed by atoms with van der Waals surface area (Å²) in [4.78, 5) is 34.2. The molecule has 1 aliphatic rings. The number of rotatable bonds is 5. The van der Waals surface area contributed by atoms with E-state index in [0.717, 1.165) is 5.69 Å². The van der Waals surface area contributed by atoms with Gasteiger partial charge in [-0.15, -0.1) is 0 Å². The lowest BCUT2D eigenvalue weighted by Gasteiger charge is -2.36. The molecule has 2 N–H and O–H groups in total. The lowest BCUT2D eigenvalue weighted by Crippen LogP contribution is -2.53. The number of amides is 2. The summed E-state index contributed by atoms with van der Waals surface area (Å²) in [5.74, 6) is -1.16. The summed E-state index contributed by atoms with van der Waals surface area (Å²) in [6, 6.07) is 2.33. The van der Waals surface area contributed by atoms with Crippen molar-refractivity contribution in [3.8, 4) is 0 Å². The van der Waals surface area contributed by atoms with Crippen LogP contribution < -0.4 is 5.32 Å². The van der Waals surface area contributed by atoms with E-state index >= 15 is 0 Å². The van der Waals surface area contributed by atoms with E-state index in [1.165, 1.54) is 24.4 Å². The van der Waals surface area contributed by atoms with Crippen molar-refractivity contribution >= 4 is 23.6 Å². The summed E-state index contributed by atoms with van der Waals surface area (Å²) in [6.45, 7) is 4.12. The molecule has 0 fully saturated rings. The zero-order valence-corrected chi connectivity index (χ0v) is 17.3. The Morgan fingerprint density at radius 1 is 1.48 bits per heavy atom. The van der Waals surface area contributed by atoms with Gasteiger partial charge in [-0.25, -0.2) is 19.0 Å². The van der Waals surface area contributed by atoms with Crippen LogP contribution in [0.25, 0.3) is 0 Å². The highest BCUT2D eigenvalue weighted by molar-refractivity contribution is 6.30. The predicted octanol–water partition coefficient (Wildman–Crippen LogP) is 3.45. The van der Waals surface area contributed by atoms with Crippen molar-refractivity contribution in [2.24, 2.45) is 5.92 Å². The van der Waals surface area contributed by atoms with E-state index in [1.807, 2.05) is 13.8 Å². The van der Waals surface area contributed by atoms with Gasteiger partial charge in [0.1, 0.15) is 17.9 Å². The molecule has 2 amide bonds. The van der Waals surface area contributed by atoms with Crippen molar-refractivity contribution in [1.29, 1.82) is 0 Å². The fourth-order valence-corrected chi connectivity index (χ4v) is 3.70. The summed E-state index contributed by atoms with van der Waals surface area (Å²) in [7, 11) is 1.28. The summed E-state index contributed by atoms with van der Waals surface area (Å²) >= 11 is 5.90. The van der Waals surface area contributed by atoms with Crippen LogP contribution in [0.3, 0.4) is 0 Å². The third-order valence-corrected chi connectivity index (χ3v) is 5.63. The quantitative estimate of drug-likeness (QED) is 0.722. The molecule has 3 rings (SSSR count). The van der Waals surface area contributed by atoms with Gasteiger partial charge in [-0.3, -0.25) is 0 Å². The Morgan fingerprint density at radius 3 is 2.90 bits per heavy atom. The van der Waals surface area contributed by atoms with Gasteiger partial charge in [-0.2, -0.15) is 0 Å². The van der Waals surface area contributed by atoms with Crippen molar-refractivity contribution in [3.05, 3.63) is 52.3 Å². The number of aromatic amines is 1. The van der Waals surface area contributed by atoms with Gasteiger partial charge in [0, 0.05) is 29.2 Å². The van der Waals surface area contributed by atoms with Crippen LogP contribution in [0.5, 0.6) is 0 Å². The predicted molar refractivity (Wildman–Crippen MR) is 106 cm³/mol. The second-order valence-corrected chi connectivity index (χ2v) is 7.55. The molecule has 3 atom stereocenters. The van der Waals surface area contributed by atoms with Crippen molar-refractivity contribution in [3.63, 3.8) is 0 Å². The number of hydrogen-bond acceptors (Lipinski definition) is 4. The Labute approximate surface area is 173 Å². The molecule has 0 aliphatic carbocycles. The monoisotopic (exact) mass is 422 g/mol. The van der Waals surface area contributed by atoms with E-state index in [1.54, 1.807) is 12.1 Å². The van der Waals surface area contributed by atoms with E-state index in [2.05, 4.69) is 15.3 Å². The molecule has 2 aromatic rings. The number of methoxy groups -OCH3 is 1. The van der Waals surface area contributed by atoms with Crippen LogP contribution in [-0.2, 0) is 16.0 Å². The van der Waals surface area contributed by atoms with Gasteiger partial charge in [-0.1, -0.05) is 37.9 Å². The minimum atomic E-state index is -0.797. The van der Waals surface area contributed by atoms with E-state index in [9.17, 15) is 14.0 Å². The smallest absolute Gasteiger partial charge is 0.328 e. The maximum absolute atomic E-state index is 14.7. The standard InChI is InChI=1S/C20H24ClFN4O3/c1-4-11(2)16(19(27)29-3)25-20(28)26-8-7-15-17(24-10-23-15)18(26)13-6-5-12(21)9-14(13)22/h5-6,9-11,16,18H,4,7-8H2,1-3H3,(H,23,24)(H,25,28)/t11-,16-,18+/m0/s1. The maximum Gasteiger partial charge on any atom is 0.328 e. The minimum absolute atomic E-state index is 0.122. The van der Waals surface area contributed by atoms with Crippen LogP contribution in [0.1, 0.15) is 43.3 Å². The number of halogens is 2. The molecule has 1 aromatic heterocycles. The van der Waals surface area contributed by atoms with Gasteiger partial charge in [0.05, 0.1) is 19.1 Å². The number of ether oxygens (including phenoxy) is 1. The second kappa shape index (κ2) is 8.82. The zero-order valence-electron chi connectivity index (χ0n) is 16.5. The fourth-order valence-electron chi connectivity index (χ4n) is 3.55. The number of hydrogen-bond donors (Lipinski definition) is 2. The van der Waals surface area contributed by atoms with Crippen molar-refractivity contribution in [2.75, 3.05) is 13.7 Å². The minimum Gasteiger partial charge on any atom is -0.467 e.